The van der Waals surface area contributed by atoms with E-state index in [4.69, 9.17) is 25.8 Å². The Balaban J connectivity index is 1.63. The van der Waals surface area contributed by atoms with Crippen LogP contribution in [0.1, 0.15) is 25.0 Å². The van der Waals surface area contributed by atoms with Crippen LogP contribution >= 0.6 is 27.5 Å². The molecule has 0 bridgehead atoms. The minimum atomic E-state index is -0.471. The molecule has 0 aliphatic carbocycles. The molecule has 0 radical (unpaired) electrons. The van der Waals surface area contributed by atoms with Gasteiger partial charge in [0.2, 0.25) is 0 Å². The Labute approximate surface area is 212 Å². The van der Waals surface area contributed by atoms with E-state index < -0.39 is 6.03 Å². The number of nitrogens with one attached hydrogen (secondary N) is 2. The van der Waals surface area contributed by atoms with E-state index in [2.05, 4.69) is 31.8 Å². The molecule has 0 saturated heterocycles. The summed E-state index contributed by atoms with van der Waals surface area (Å²) in [5.74, 6) is 1.85. The molecule has 2 amide bonds. The van der Waals surface area contributed by atoms with Gasteiger partial charge in [0.05, 0.1) is 19.4 Å². The summed E-state index contributed by atoms with van der Waals surface area (Å²) in [6.07, 6.45) is 1.52. The highest BCUT2D eigenvalue weighted by Gasteiger charge is 2.11. The van der Waals surface area contributed by atoms with Crippen LogP contribution in [0, 0.1) is 0 Å². The molecule has 34 heavy (non-hydrogen) atoms. The second kappa shape index (κ2) is 12.9. The third kappa shape index (κ3) is 7.40. The summed E-state index contributed by atoms with van der Waals surface area (Å²) in [6, 6.07) is 17.7. The topological polar surface area (TPSA) is 81.2 Å². The predicted octanol–water partition coefficient (Wildman–Crippen LogP) is 6.63. The van der Waals surface area contributed by atoms with E-state index in [1.165, 1.54) is 6.21 Å². The van der Waals surface area contributed by atoms with Gasteiger partial charge in [-0.1, -0.05) is 29.8 Å². The maximum atomic E-state index is 12.1. The van der Waals surface area contributed by atoms with Crippen LogP contribution in [0.5, 0.6) is 17.2 Å². The van der Waals surface area contributed by atoms with Gasteiger partial charge in [0, 0.05) is 26.3 Å². The summed E-state index contributed by atoms with van der Waals surface area (Å²) < 4.78 is 17.8. The van der Waals surface area contributed by atoms with Crippen LogP contribution in [0.4, 0.5) is 10.5 Å². The highest BCUT2D eigenvalue weighted by Crippen LogP contribution is 2.34. The molecule has 0 aromatic heterocycles. The number of hydrazone groups is 1. The third-order valence-electron chi connectivity index (χ3n) is 4.50. The van der Waals surface area contributed by atoms with Crippen molar-refractivity contribution in [3.63, 3.8) is 0 Å². The largest absolute Gasteiger partial charge is 0.494 e. The molecule has 178 valence electrons. The molecule has 0 fully saturated rings. The number of rotatable bonds is 10. The Hall–Kier alpha value is -3.23. The fraction of sp³-hybridized carbons (Fsp3) is 0.200. The number of benzene rings is 3. The predicted molar refractivity (Wildman–Crippen MR) is 138 cm³/mol. The van der Waals surface area contributed by atoms with E-state index in [0.29, 0.717) is 47.6 Å². The lowest BCUT2D eigenvalue weighted by Crippen LogP contribution is -2.24. The van der Waals surface area contributed by atoms with Crippen molar-refractivity contribution in [2.24, 2.45) is 5.10 Å². The first-order valence-corrected chi connectivity index (χ1v) is 11.8. The molecule has 3 aromatic carbocycles. The van der Waals surface area contributed by atoms with Gasteiger partial charge in [-0.05, 0) is 72.2 Å². The number of urea groups is 1. The molecule has 0 atom stereocenters. The van der Waals surface area contributed by atoms with Crippen LogP contribution in [0.3, 0.4) is 0 Å². The Kier molecular flexibility index (Phi) is 9.61. The zero-order chi connectivity index (χ0) is 24.3. The average Bonchev–Trinajstić information content (AvgIpc) is 2.82. The SMILES string of the molecule is CCOc1ccc(NC(=O)N/N=C\c2cc(OCC)c(OCc3ccccc3Cl)cc2Br)cc1. The molecule has 0 heterocycles. The molecule has 3 rings (SSSR count). The average molecular weight is 547 g/mol. The quantitative estimate of drug-likeness (QED) is 0.221. The minimum Gasteiger partial charge on any atom is -0.494 e. The fourth-order valence-corrected chi connectivity index (χ4v) is 3.54. The first-order valence-electron chi connectivity index (χ1n) is 10.7. The summed E-state index contributed by atoms with van der Waals surface area (Å²) in [5.41, 5.74) is 4.64. The van der Waals surface area contributed by atoms with E-state index in [1.807, 2.05) is 38.1 Å². The summed E-state index contributed by atoms with van der Waals surface area (Å²) in [7, 11) is 0. The lowest BCUT2D eigenvalue weighted by atomic mass is 10.2. The van der Waals surface area contributed by atoms with E-state index in [9.17, 15) is 4.79 Å². The highest BCUT2D eigenvalue weighted by atomic mass is 79.9. The van der Waals surface area contributed by atoms with Gasteiger partial charge in [-0.3, -0.25) is 0 Å². The molecule has 0 aliphatic rings. The number of ether oxygens (including phenoxy) is 3. The molecule has 0 unspecified atom stereocenters. The van der Waals surface area contributed by atoms with Crippen LogP contribution in [0.25, 0.3) is 0 Å². The smallest absolute Gasteiger partial charge is 0.339 e. The van der Waals surface area contributed by atoms with Crippen LogP contribution in [0.15, 0.2) is 70.2 Å². The summed E-state index contributed by atoms with van der Waals surface area (Å²) in [6.45, 7) is 5.14. The first kappa shape index (κ1) is 25.4. The van der Waals surface area contributed by atoms with Gasteiger partial charge in [0.25, 0.3) is 0 Å². The number of nitrogens with zero attached hydrogens (tertiary/aromatic N) is 1. The van der Waals surface area contributed by atoms with Crippen molar-refractivity contribution in [2.45, 2.75) is 20.5 Å². The Morgan fingerprint density at radius 3 is 2.41 bits per heavy atom. The van der Waals surface area contributed by atoms with Crippen LogP contribution in [0.2, 0.25) is 5.02 Å². The molecule has 0 saturated carbocycles. The highest BCUT2D eigenvalue weighted by molar-refractivity contribution is 9.10. The minimum absolute atomic E-state index is 0.299. The second-order valence-corrected chi connectivity index (χ2v) is 8.18. The molecule has 7 nitrogen and oxygen atoms in total. The van der Waals surface area contributed by atoms with Gasteiger partial charge in [0.15, 0.2) is 11.5 Å². The zero-order valence-corrected chi connectivity index (χ0v) is 21.2. The third-order valence-corrected chi connectivity index (χ3v) is 5.55. The van der Waals surface area contributed by atoms with E-state index in [-0.39, 0.29) is 0 Å². The molecule has 3 aromatic rings. The van der Waals surface area contributed by atoms with Crippen molar-refractivity contribution in [3.8, 4) is 17.2 Å². The fourth-order valence-electron chi connectivity index (χ4n) is 2.92. The molecule has 0 aliphatic heterocycles. The first-order chi connectivity index (χ1) is 16.5. The summed E-state index contributed by atoms with van der Waals surface area (Å²) >= 11 is 9.74. The second-order valence-electron chi connectivity index (χ2n) is 6.92. The lowest BCUT2D eigenvalue weighted by Gasteiger charge is -2.14. The van der Waals surface area contributed by atoms with Crippen LogP contribution in [-0.4, -0.2) is 25.5 Å². The Bertz CT molecular complexity index is 1140. The maximum Gasteiger partial charge on any atom is 0.339 e. The summed E-state index contributed by atoms with van der Waals surface area (Å²) in [5, 5.41) is 7.37. The maximum absolute atomic E-state index is 12.1. The van der Waals surface area contributed by atoms with Gasteiger partial charge in [0.1, 0.15) is 12.4 Å². The van der Waals surface area contributed by atoms with E-state index in [1.54, 1.807) is 36.4 Å². The van der Waals surface area contributed by atoms with Crippen molar-refractivity contribution in [1.82, 2.24) is 5.43 Å². The van der Waals surface area contributed by atoms with Crippen molar-refractivity contribution in [3.05, 3.63) is 81.3 Å². The van der Waals surface area contributed by atoms with Crippen molar-refractivity contribution in [1.29, 1.82) is 0 Å². The molecule has 2 N–H and O–H groups in total. The van der Waals surface area contributed by atoms with Gasteiger partial charge in [-0.2, -0.15) is 5.10 Å². The van der Waals surface area contributed by atoms with Crippen molar-refractivity contribution >= 4 is 45.5 Å². The van der Waals surface area contributed by atoms with E-state index >= 15 is 0 Å². The number of hydrogen-bond acceptors (Lipinski definition) is 5. The number of carbonyl (C=O) groups is 1. The number of hydrogen-bond donors (Lipinski definition) is 2. The number of anilines is 1. The van der Waals surface area contributed by atoms with Crippen LogP contribution < -0.4 is 25.0 Å². The lowest BCUT2D eigenvalue weighted by molar-refractivity contribution is 0.252. The number of halogens is 2. The number of amides is 2. The van der Waals surface area contributed by atoms with Crippen molar-refractivity contribution < 1.29 is 19.0 Å². The number of carbonyl (C=O) groups excluding carboxylic acids is 1. The monoisotopic (exact) mass is 545 g/mol. The molecular formula is C25H25BrClN3O4. The van der Waals surface area contributed by atoms with Gasteiger partial charge < -0.3 is 19.5 Å². The Morgan fingerprint density at radius 1 is 1.00 bits per heavy atom. The van der Waals surface area contributed by atoms with Crippen molar-refractivity contribution in [2.75, 3.05) is 18.5 Å². The molecular weight excluding hydrogens is 522 g/mol. The van der Waals surface area contributed by atoms with E-state index in [0.717, 1.165) is 15.8 Å². The zero-order valence-electron chi connectivity index (χ0n) is 18.8. The summed E-state index contributed by atoms with van der Waals surface area (Å²) in [4.78, 5) is 12.1. The van der Waals surface area contributed by atoms with Gasteiger partial charge in [-0.15, -0.1) is 0 Å². The normalized spacial score (nSPS) is 10.7. The Morgan fingerprint density at radius 2 is 1.71 bits per heavy atom. The molecule has 0 spiro atoms. The molecule has 9 heteroatoms. The standard InChI is InChI=1S/C25H25BrClN3O4/c1-3-32-20-11-9-19(10-12-20)29-25(31)30-28-15-18-13-23(33-4-2)24(14-21(18)26)34-16-17-7-5-6-8-22(17)27/h5-15H,3-4,16H2,1-2H3,(H2,29,30,31)/b28-15-. The van der Waals surface area contributed by atoms with Crippen LogP contribution in [-0.2, 0) is 6.61 Å². The van der Waals surface area contributed by atoms with Gasteiger partial charge in [-0.25, -0.2) is 10.2 Å². The van der Waals surface area contributed by atoms with Gasteiger partial charge >= 0.3 is 6.03 Å².